The highest BCUT2D eigenvalue weighted by Gasteiger charge is 2.43. The first-order chi connectivity index (χ1) is 56.2. The number of carbonyl (C=O) groups is 1. The lowest BCUT2D eigenvalue weighted by atomic mass is 9.93. The number of aromatic carboxylic acids is 1. The van der Waals surface area contributed by atoms with Crippen molar-refractivity contribution in [3.63, 3.8) is 0 Å². The van der Waals surface area contributed by atoms with Crippen LogP contribution in [-0.2, 0) is 6.54 Å². The zero-order valence-electron chi connectivity index (χ0n) is 68.6. The van der Waals surface area contributed by atoms with Gasteiger partial charge in [-0.1, -0.05) is 237 Å². The molecule has 7 heterocycles. The molecule has 8 bridgehead atoms. The summed E-state index contributed by atoms with van der Waals surface area (Å²) >= 11 is 0. The molecule has 4 aliphatic rings. The molecule has 114 heavy (non-hydrogen) atoms. The summed E-state index contributed by atoms with van der Waals surface area (Å²) in [5, 5.41) is 12.6. The highest BCUT2D eigenvalue weighted by molar-refractivity contribution is 6.10. The van der Waals surface area contributed by atoms with Gasteiger partial charge in [-0.2, -0.15) is 0 Å². The molecule has 6 aromatic carbocycles. The molecule has 3 aliphatic heterocycles. The van der Waals surface area contributed by atoms with Gasteiger partial charge >= 0.3 is 5.97 Å². The highest BCUT2D eigenvalue weighted by Crippen LogP contribution is 2.55. The maximum absolute atomic E-state index is 12.2. The van der Waals surface area contributed by atoms with Crippen LogP contribution in [0, 0.1) is 11.8 Å². The van der Waals surface area contributed by atoms with Gasteiger partial charge < -0.3 is 43.5 Å². The molecule has 594 valence electrons. The zero-order chi connectivity index (χ0) is 78.4. The van der Waals surface area contributed by atoms with Crippen LogP contribution in [0.25, 0.3) is 102 Å². The minimum absolute atomic E-state index is 0.194. The molecule has 1 saturated carbocycles. The average Bonchev–Trinajstić information content (AvgIpc) is 1.57. The molecule has 1 fully saturated rings. The zero-order valence-corrected chi connectivity index (χ0v) is 68.6. The van der Waals surface area contributed by atoms with Crippen LogP contribution in [0.3, 0.4) is 0 Å². The number of H-pyrrole nitrogens is 2. The summed E-state index contributed by atoms with van der Waals surface area (Å²) in [4.78, 5) is 34.7. The van der Waals surface area contributed by atoms with Crippen molar-refractivity contribution in [1.29, 1.82) is 0 Å². The maximum atomic E-state index is 12.2. The Kier molecular flexibility index (Phi) is 28.3. The second kappa shape index (κ2) is 40.2. The van der Waals surface area contributed by atoms with Crippen LogP contribution < -0.4 is 23.8 Å². The fourth-order valence-electron chi connectivity index (χ4n) is 17.7. The monoisotopic (exact) mass is 1520 g/mol. The third-order valence-electron chi connectivity index (χ3n) is 23.8. The lowest BCUT2D eigenvalue weighted by molar-refractivity contribution is 0.0696. The molecule has 12 nitrogen and oxygen atoms in total. The quantitative estimate of drug-likeness (QED) is 0.0252. The number of nitrogens with one attached hydrogen (secondary N) is 2. The number of carboxylic acids is 1. The predicted octanol–water partition coefficient (Wildman–Crippen LogP) is 28.2. The van der Waals surface area contributed by atoms with Gasteiger partial charge in [-0.25, -0.2) is 14.8 Å². The molecule has 0 saturated heterocycles. The average molecular weight is 1530 g/mol. The molecule has 1 aliphatic carbocycles. The van der Waals surface area contributed by atoms with Gasteiger partial charge in [0.1, 0.15) is 23.0 Å². The van der Waals surface area contributed by atoms with E-state index in [1.54, 1.807) is 24.3 Å². The number of aryl methyl sites for hydroxylation is 1. The van der Waals surface area contributed by atoms with E-state index < -0.39 is 5.97 Å². The van der Waals surface area contributed by atoms with E-state index in [0.717, 1.165) is 167 Å². The van der Waals surface area contributed by atoms with Crippen LogP contribution in [0.5, 0.6) is 23.0 Å². The van der Waals surface area contributed by atoms with E-state index in [0.29, 0.717) is 60.9 Å². The summed E-state index contributed by atoms with van der Waals surface area (Å²) < 4.78 is 30.9. The number of hydrogen-bond donors (Lipinski definition) is 3. The van der Waals surface area contributed by atoms with Crippen molar-refractivity contribution in [3.05, 3.63) is 191 Å². The SMILES string of the molecule is CCCCCCCCOc1cccc(OCCCCCCCC)c1-c1c2nc(c(-c3ccc4c(c3)C3CCCC3N4c3ccc4c(c3)c3ccccc3n4CCCCCC)c3ccc([nH]3)c(-c3c(OCCCCCCCC)cccc3OCCCCCCCC)c3nc(c(C#Cc4ccc(C(=O)O)cc4)c4ccc1[nH]4)C=C3)C=C2. The minimum Gasteiger partial charge on any atom is -0.493 e. The van der Waals surface area contributed by atoms with Crippen molar-refractivity contribution in [2.45, 2.75) is 252 Å². The van der Waals surface area contributed by atoms with Crippen LogP contribution in [0.4, 0.5) is 11.4 Å². The molecule has 4 aromatic heterocycles. The molecule has 0 spiro atoms. The maximum Gasteiger partial charge on any atom is 0.335 e. The largest absolute Gasteiger partial charge is 0.493 e. The normalized spacial score (nSPS) is 14.1. The molecule has 2 atom stereocenters. The molecule has 0 amide bonds. The number of hydrogen-bond acceptors (Lipinski definition) is 8. The number of nitrogens with zero attached hydrogens (tertiary/aromatic N) is 4. The predicted molar refractivity (Wildman–Crippen MR) is 476 cm³/mol. The van der Waals surface area contributed by atoms with E-state index >= 15 is 0 Å². The van der Waals surface area contributed by atoms with Gasteiger partial charge in [0.05, 0.1) is 77.0 Å². The Hall–Kier alpha value is -10.3. The van der Waals surface area contributed by atoms with E-state index in [-0.39, 0.29) is 5.56 Å². The first-order valence-electron chi connectivity index (χ1n) is 44.0. The van der Waals surface area contributed by atoms with Crippen molar-refractivity contribution in [1.82, 2.24) is 24.5 Å². The van der Waals surface area contributed by atoms with Crippen LogP contribution in [0.2, 0.25) is 0 Å². The molecular formula is C102H120N6O6. The van der Waals surface area contributed by atoms with E-state index in [1.165, 1.54) is 167 Å². The third kappa shape index (κ3) is 18.9. The first-order valence-corrected chi connectivity index (χ1v) is 44.0. The number of aromatic nitrogens is 5. The van der Waals surface area contributed by atoms with Crippen LogP contribution in [0.15, 0.2) is 146 Å². The van der Waals surface area contributed by atoms with E-state index in [4.69, 9.17) is 28.9 Å². The Morgan fingerprint density at radius 1 is 0.430 bits per heavy atom. The Labute approximate surface area is 677 Å². The van der Waals surface area contributed by atoms with Gasteiger partial charge in [0, 0.05) is 90.5 Å². The Morgan fingerprint density at radius 2 is 0.895 bits per heavy atom. The Balaban J connectivity index is 1.01. The Bertz CT molecular complexity index is 5080. The van der Waals surface area contributed by atoms with Crippen LogP contribution >= 0.6 is 0 Å². The second-order valence-corrected chi connectivity index (χ2v) is 32.0. The summed E-state index contributed by atoms with van der Waals surface area (Å²) in [5.41, 5.74) is 19.7. The number of fused-ring (bicyclic) bond motifs is 14. The van der Waals surface area contributed by atoms with Crippen molar-refractivity contribution in [2.24, 2.45) is 0 Å². The number of unbranched alkanes of at least 4 members (excludes halogenated alkanes) is 23. The fourth-order valence-corrected chi connectivity index (χ4v) is 17.7. The van der Waals surface area contributed by atoms with Gasteiger partial charge in [0.25, 0.3) is 0 Å². The summed E-state index contributed by atoms with van der Waals surface area (Å²) in [6, 6.07) is 51.9. The molecule has 10 aromatic rings. The van der Waals surface area contributed by atoms with Gasteiger partial charge in [0.15, 0.2) is 0 Å². The minimum atomic E-state index is -0.992. The molecule has 3 N–H and O–H groups in total. The number of aromatic amines is 2. The third-order valence-corrected chi connectivity index (χ3v) is 23.8. The van der Waals surface area contributed by atoms with E-state index in [9.17, 15) is 9.90 Å². The highest BCUT2D eigenvalue weighted by atomic mass is 16.5. The summed E-state index contributed by atoms with van der Waals surface area (Å²) in [5.74, 6) is 9.35. The number of benzene rings is 6. The number of carboxylic acid groups (broad SMARTS) is 1. The van der Waals surface area contributed by atoms with Gasteiger partial charge in [-0.15, -0.1) is 0 Å². The summed E-state index contributed by atoms with van der Waals surface area (Å²) in [6.07, 6.45) is 44.2. The van der Waals surface area contributed by atoms with E-state index in [2.05, 4.69) is 212 Å². The first kappa shape index (κ1) is 80.4. The topological polar surface area (TPSA) is 140 Å². The standard InChI is InChI=1S/C102H120N6O6/c1-6-11-16-21-25-32-66-111-93-43-37-44-94(112-67-33-26-22-17-12-7-2)100(93)98-85-57-55-81(103-85)78(54-49-72-47-50-73(51-48-72)102(109)110)82-56-58-86(104-82)99(101-95(113-68-34-27-23-18-13-8-3)45-38-46-96(101)114-69-35-28-24-19-14-9-4)88-62-60-84(106-88)97(83-59-61-87(98)105-83)74-52-63-92-79(70-74)77-40-36-42-91(77)108(92)75-53-64-90-80(71-75)76-39-29-30-41-89(76)107(90)65-31-20-15-10-5/h29-30,37-39,41,43-48,50-53,55-64,70-71,77,91,103,106H,6-28,31-36,40,42,65-69H2,1-5H3,(H,109,110). The fraction of sp³-hybridized carbons (Fsp3) is 0.422. The lowest BCUT2D eigenvalue weighted by Crippen LogP contribution is -2.26. The van der Waals surface area contributed by atoms with Gasteiger partial charge in [0.2, 0.25) is 0 Å². The van der Waals surface area contributed by atoms with Crippen molar-refractivity contribution in [3.8, 4) is 68.2 Å². The molecule has 0 radical (unpaired) electrons. The van der Waals surface area contributed by atoms with Crippen LogP contribution in [0.1, 0.15) is 289 Å². The van der Waals surface area contributed by atoms with Gasteiger partial charge in [-0.3, -0.25) is 0 Å². The molecule has 2 unspecified atom stereocenters. The van der Waals surface area contributed by atoms with Crippen molar-refractivity contribution >= 4 is 85.5 Å². The number of ether oxygens (including phenoxy) is 4. The smallest absolute Gasteiger partial charge is 0.335 e. The lowest BCUT2D eigenvalue weighted by Gasteiger charge is -2.27. The van der Waals surface area contributed by atoms with Crippen molar-refractivity contribution < 1.29 is 28.8 Å². The number of para-hydroxylation sites is 1. The van der Waals surface area contributed by atoms with Crippen molar-refractivity contribution in [2.75, 3.05) is 31.3 Å². The summed E-state index contributed by atoms with van der Waals surface area (Å²) in [7, 11) is 0. The van der Waals surface area contributed by atoms with Gasteiger partial charge in [-0.05, 0) is 190 Å². The number of rotatable bonds is 42. The van der Waals surface area contributed by atoms with Crippen LogP contribution in [-0.4, -0.2) is 68.0 Å². The Morgan fingerprint density at radius 3 is 1.44 bits per heavy atom. The molecular weight excluding hydrogens is 1410 g/mol. The summed E-state index contributed by atoms with van der Waals surface area (Å²) in [6.45, 7) is 14.6. The number of anilines is 2. The second-order valence-electron chi connectivity index (χ2n) is 32.0. The molecule has 12 heteroatoms. The van der Waals surface area contributed by atoms with E-state index in [1.807, 2.05) is 0 Å². The molecule has 14 rings (SSSR count).